The summed E-state index contributed by atoms with van der Waals surface area (Å²) in [7, 11) is 0. The normalized spacial score (nSPS) is 23.3. The Labute approximate surface area is 117 Å². The van der Waals surface area contributed by atoms with E-state index in [1.807, 2.05) is 6.07 Å². The van der Waals surface area contributed by atoms with Crippen LogP contribution in [0.5, 0.6) is 0 Å². The number of fused-ring (bicyclic) bond motifs is 1. The lowest BCUT2D eigenvalue weighted by atomic mass is 9.62. The van der Waals surface area contributed by atoms with Crippen LogP contribution in [0.1, 0.15) is 64.2 Å². The van der Waals surface area contributed by atoms with Gasteiger partial charge in [-0.3, -0.25) is 0 Å². The van der Waals surface area contributed by atoms with Crippen LogP contribution in [0.25, 0.3) is 0 Å². The van der Waals surface area contributed by atoms with Crippen LogP contribution in [-0.4, -0.2) is 5.11 Å². The zero-order valence-corrected chi connectivity index (χ0v) is 12.9. The van der Waals surface area contributed by atoms with Crippen LogP contribution in [0.2, 0.25) is 0 Å². The first-order valence-electron chi connectivity index (χ1n) is 7.12. The first-order valence-corrected chi connectivity index (χ1v) is 7.12. The van der Waals surface area contributed by atoms with Gasteiger partial charge in [0.05, 0.1) is 0 Å². The Balaban J connectivity index is 2.63. The van der Waals surface area contributed by atoms with E-state index in [4.69, 9.17) is 0 Å². The number of hydrogen-bond acceptors (Lipinski definition) is 1. The third kappa shape index (κ3) is 2.36. The Morgan fingerprint density at radius 2 is 1.63 bits per heavy atom. The molecule has 1 heteroatoms. The summed E-state index contributed by atoms with van der Waals surface area (Å²) in [5.74, 6) is 0. The molecule has 0 heterocycles. The molecule has 1 aromatic carbocycles. The van der Waals surface area contributed by atoms with Gasteiger partial charge in [-0.05, 0) is 47.3 Å². The summed E-state index contributed by atoms with van der Waals surface area (Å²) in [4.78, 5) is 0. The van der Waals surface area contributed by atoms with Crippen molar-refractivity contribution in [1.29, 1.82) is 0 Å². The quantitative estimate of drug-likeness (QED) is 0.778. The van der Waals surface area contributed by atoms with Crippen LogP contribution in [0.4, 0.5) is 0 Å². The number of hydrogen-bond donors (Lipinski definition) is 1. The van der Waals surface area contributed by atoms with E-state index in [0.29, 0.717) is 0 Å². The molecule has 0 fully saturated rings. The van der Waals surface area contributed by atoms with Gasteiger partial charge in [0, 0.05) is 0 Å². The second-order valence-electron chi connectivity index (χ2n) is 7.38. The lowest BCUT2D eigenvalue weighted by Gasteiger charge is -2.42. The summed E-state index contributed by atoms with van der Waals surface area (Å²) < 4.78 is 0. The fraction of sp³-hybridized carbons (Fsp3) is 0.556. The molecule has 0 amide bonds. The average Bonchev–Trinajstić information content (AvgIpc) is 2.35. The van der Waals surface area contributed by atoms with Crippen molar-refractivity contribution in [1.82, 2.24) is 0 Å². The zero-order chi connectivity index (χ0) is 14.5. The summed E-state index contributed by atoms with van der Waals surface area (Å²) in [5, 5.41) is 10.4. The molecule has 104 valence electrons. The molecule has 1 unspecified atom stereocenters. The molecular weight excluding hydrogens is 232 g/mol. The Hall–Kier alpha value is -1.08. The van der Waals surface area contributed by atoms with Crippen molar-refractivity contribution in [2.75, 3.05) is 0 Å². The fourth-order valence-corrected chi connectivity index (χ4v) is 3.02. The summed E-state index contributed by atoms with van der Waals surface area (Å²) in [5.41, 5.74) is 3.19. The molecule has 1 nitrogen and oxygen atoms in total. The predicted octanol–water partition coefficient (Wildman–Crippen LogP) is 4.43. The zero-order valence-electron chi connectivity index (χ0n) is 12.9. The van der Waals surface area contributed by atoms with E-state index in [2.05, 4.69) is 46.4 Å². The lowest BCUT2D eigenvalue weighted by Crippen LogP contribution is -2.34. The van der Waals surface area contributed by atoms with Crippen molar-refractivity contribution in [3.8, 4) is 0 Å². The van der Waals surface area contributed by atoms with E-state index < -0.39 is 5.60 Å². The second kappa shape index (κ2) is 4.21. The molecule has 1 atom stereocenters. The number of aliphatic hydroxyl groups is 1. The van der Waals surface area contributed by atoms with Crippen LogP contribution in [0, 0.1) is 0 Å². The van der Waals surface area contributed by atoms with Gasteiger partial charge in [-0.15, -0.1) is 0 Å². The van der Waals surface area contributed by atoms with Gasteiger partial charge in [0.15, 0.2) is 0 Å². The molecule has 0 saturated carbocycles. The first kappa shape index (κ1) is 14.3. The highest BCUT2D eigenvalue weighted by atomic mass is 16.3. The second-order valence-corrected chi connectivity index (χ2v) is 7.38. The molecule has 1 aliphatic carbocycles. The Bertz CT molecular complexity index is 506. The van der Waals surface area contributed by atoms with Crippen molar-refractivity contribution in [3.63, 3.8) is 0 Å². The van der Waals surface area contributed by atoms with E-state index in [0.717, 1.165) is 5.56 Å². The highest BCUT2D eigenvalue weighted by molar-refractivity contribution is 5.45. The maximum atomic E-state index is 10.4. The molecule has 0 spiro atoms. The molecule has 1 aromatic rings. The minimum absolute atomic E-state index is 0.179. The van der Waals surface area contributed by atoms with Crippen LogP contribution >= 0.6 is 0 Å². The molecule has 1 aliphatic rings. The smallest absolute Gasteiger partial charge is 0.105 e. The van der Waals surface area contributed by atoms with Gasteiger partial charge in [-0.1, -0.05) is 58.5 Å². The summed E-state index contributed by atoms with van der Waals surface area (Å²) >= 11 is 0. The van der Waals surface area contributed by atoms with Crippen molar-refractivity contribution < 1.29 is 5.11 Å². The molecule has 0 saturated heterocycles. The lowest BCUT2D eigenvalue weighted by molar-refractivity contribution is 0.111. The standard InChI is InChI=1S/C18H26O/c1-7-18(6,19)13-8-9-14-15(12-13)17(4,5)11-10-16(14,2)3/h7-9,12,19H,1,10-11H2,2-6H3. The summed E-state index contributed by atoms with van der Waals surface area (Å²) in [6, 6.07) is 6.42. The monoisotopic (exact) mass is 258 g/mol. The van der Waals surface area contributed by atoms with Crippen LogP contribution in [0.3, 0.4) is 0 Å². The average molecular weight is 258 g/mol. The third-order valence-electron chi connectivity index (χ3n) is 4.83. The molecule has 2 rings (SSSR count). The van der Waals surface area contributed by atoms with Gasteiger partial charge in [0.1, 0.15) is 5.60 Å². The molecule has 19 heavy (non-hydrogen) atoms. The molecule has 0 aliphatic heterocycles. The summed E-state index contributed by atoms with van der Waals surface area (Å²) in [6.45, 7) is 14.8. The Morgan fingerprint density at radius 1 is 1.11 bits per heavy atom. The predicted molar refractivity (Wildman–Crippen MR) is 81.5 cm³/mol. The van der Waals surface area contributed by atoms with Gasteiger partial charge in [-0.25, -0.2) is 0 Å². The van der Waals surface area contributed by atoms with E-state index >= 15 is 0 Å². The Morgan fingerprint density at radius 3 is 2.16 bits per heavy atom. The van der Waals surface area contributed by atoms with Crippen molar-refractivity contribution >= 4 is 0 Å². The molecule has 1 N–H and O–H groups in total. The molecule has 0 bridgehead atoms. The van der Waals surface area contributed by atoms with E-state index in [-0.39, 0.29) is 10.8 Å². The maximum Gasteiger partial charge on any atom is 0.105 e. The van der Waals surface area contributed by atoms with Gasteiger partial charge < -0.3 is 5.11 Å². The molecular formula is C18H26O. The highest BCUT2D eigenvalue weighted by Gasteiger charge is 2.37. The van der Waals surface area contributed by atoms with E-state index in [1.165, 1.54) is 24.0 Å². The minimum Gasteiger partial charge on any atom is -0.381 e. The van der Waals surface area contributed by atoms with Gasteiger partial charge in [0.2, 0.25) is 0 Å². The third-order valence-corrected chi connectivity index (χ3v) is 4.83. The summed E-state index contributed by atoms with van der Waals surface area (Å²) in [6.07, 6.45) is 4.01. The van der Waals surface area contributed by atoms with Gasteiger partial charge in [-0.2, -0.15) is 0 Å². The van der Waals surface area contributed by atoms with Crippen LogP contribution in [0.15, 0.2) is 30.9 Å². The first-order chi connectivity index (χ1) is 8.60. The highest BCUT2D eigenvalue weighted by Crippen LogP contribution is 2.46. The van der Waals surface area contributed by atoms with Crippen molar-refractivity contribution in [2.24, 2.45) is 0 Å². The topological polar surface area (TPSA) is 20.2 Å². The van der Waals surface area contributed by atoms with Gasteiger partial charge >= 0.3 is 0 Å². The fourth-order valence-electron chi connectivity index (χ4n) is 3.02. The SMILES string of the molecule is C=CC(C)(O)c1ccc2c(c1)C(C)(C)CCC2(C)C. The van der Waals surface area contributed by atoms with Crippen molar-refractivity contribution in [3.05, 3.63) is 47.5 Å². The van der Waals surface area contributed by atoms with E-state index in [9.17, 15) is 5.11 Å². The van der Waals surface area contributed by atoms with E-state index in [1.54, 1.807) is 13.0 Å². The number of rotatable bonds is 2. The minimum atomic E-state index is -0.952. The molecule has 0 aromatic heterocycles. The van der Waals surface area contributed by atoms with Crippen molar-refractivity contribution in [2.45, 2.75) is 63.9 Å². The molecule has 0 radical (unpaired) electrons. The number of benzene rings is 1. The van der Waals surface area contributed by atoms with Crippen LogP contribution < -0.4 is 0 Å². The van der Waals surface area contributed by atoms with Crippen LogP contribution in [-0.2, 0) is 16.4 Å². The van der Waals surface area contributed by atoms with Gasteiger partial charge in [0.25, 0.3) is 0 Å². The Kier molecular flexibility index (Phi) is 3.17. The maximum absolute atomic E-state index is 10.4. The largest absolute Gasteiger partial charge is 0.381 e.